The minimum Gasteiger partial charge on any atom is -0.288 e. The molecular formula is C19H27N2OP. The van der Waals surface area contributed by atoms with E-state index in [4.69, 9.17) is 0 Å². The van der Waals surface area contributed by atoms with Crippen LogP contribution in [0.5, 0.6) is 0 Å². The minimum absolute atomic E-state index is 0.153. The second kappa shape index (κ2) is 7.92. The number of hydrogen-bond acceptors (Lipinski definition) is 1. The second-order valence-corrected chi connectivity index (χ2v) is 8.86. The summed E-state index contributed by atoms with van der Waals surface area (Å²) < 4.78 is 18.3. The maximum atomic E-state index is 14.2. The van der Waals surface area contributed by atoms with Gasteiger partial charge in [-0.15, -0.1) is 0 Å². The van der Waals surface area contributed by atoms with Crippen molar-refractivity contribution in [1.29, 1.82) is 0 Å². The third-order valence-corrected chi connectivity index (χ3v) is 8.07. The van der Waals surface area contributed by atoms with E-state index in [-0.39, 0.29) is 5.66 Å². The van der Waals surface area contributed by atoms with Crippen LogP contribution in [0.3, 0.4) is 0 Å². The highest BCUT2D eigenvalue weighted by molar-refractivity contribution is 7.59. The van der Waals surface area contributed by atoms with Crippen molar-refractivity contribution >= 4 is 7.44 Å². The lowest BCUT2D eigenvalue weighted by atomic mass is 10.0. The average Bonchev–Trinajstić information content (AvgIpc) is 2.58. The molecule has 0 fully saturated rings. The van der Waals surface area contributed by atoms with Crippen molar-refractivity contribution in [3.05, 3.63) is 71.8 Å². The largest absolute Gasteiger partial charge is 0.288 e. The molecule has 3 nitrogen and oxygen atoms in total. The van der Waals surface area contributed by atoms with E-state index in [0.717, 1.165) is 24.2 Å². The molecule has 2 aromatic carbocycles. The van der Waals surface area contributed by atoms with Crippen molar-refractivity contribution in [1.82, 2.24) is 9.34 Å². The van der Waals surface area contributed by atoms with Gasteiger partial charge in [-0.2, -0.15) is 0 Å². The Labute approximate surface area is 140 Å². The second-order valence-electron chi connectivity index (χ2n) is 5.80. The van der Waals surface area contributed by atoms with Gasteiger partial charge < -0.3 is 0 Å². The molecule has 0 aliphatic heterocycles. The molecule has 0 aliphatic rings. The first-order valence-corrected chi connectivity index (χ1v) is 9.86. The van der Waals surface area contributed by atoms with Crippen LogP contribution in [-0.2, 0) is 4.57 Å². The Morgan fingerprint density at radius 1 is 0.826 bits per heavy atom. The van der Waals surface area contributed by atoms with Gasteiger partial charge >= 0.3 is 0 Å². The van der Waals surface area contributed by atoms with E-state index in [1.807, 2.05) is 55.2 Å². The smallest absolute Gasteiger partial charge is 0.227 e. The van der Waals surface area contributed by atoms with Crippen LogP contribution in [0.4, 0.5) is 0 Å². The fourth-order valence-electron chi connectivity index (χ4n) is 3.13. The molecule has 4 heteroatoms. The molecule has 0 spiro atoms. The Balaban J connectivity index is 2.66. The number of rotatable bonds is 7. The number of nitrogens with zero attached hydrogens (tertiary/aromatic N) is 2. The standard InChI is InChI=1S/C19H27N2OP/c1-5-21(6-2)23(22,20(3)4)19(17-13-9-7-10-14-17)18-15-11-8-12-16-18/h7-16,19H,5-6H2,1-4H3. The summed E-state index contributed by atoms with van der Waals surface area (Å²) in [5, 5.41) is 0. The molecule has 1 atom stereocenters. The van der Waals surface area contributed by atoms with Crippen molar-refractivity contribution in [3.63, 3.8) is 0 Å². The molecule has 2 rings (SSSR count). The lowest BCUT2D eigenvalue weighted by molar-refractivity contribution is 0.388. The van der Waals surface area contributed by atoms with Crippen molar-refractivity contribution in [2.75, 3.05) is 27.2 Å². The van der Waals surface area contributed by atoms with Gasteiger partial charge in [-0.1, -0.05) is 74.5 Å². The van der Waals surface area contributed by atoms with Crippen LogP contribution < -0.4 is 0 Å². The van der Waals surface area contributed by atoms with Gasteiger partial charge in [-0.05, 0) is 25.2 Å². The Hall–Kier alpha value is -1.41. The van der Waals surface area contributed by atoms with Crippen molar-refractivity contribution in [2.24, 2.45) is 0 Å². The monoisotopic (exact) mass is 330 g/mol. The predicted octanol–water partition coefficient (Wildman–Crippen LogP) is 4.87. The van der Waals surface area contributed by atoms with Gasteiger partial charge in [-0.3, -0.25) is 4.57 Å². The van der Waals surface area contributed by atoms with Crippen LogP contribution in [0, 0.1) is 0 Å². The highest BCUT2D eigenvalue weighted by Crippen LogP contribution is 2.65. The zero-order chi connectivity index (χ0) is 16.9. The summed E-state index contributed by atoms with van der Waals surface area (Å²) in [6, 6.07) is 20.4. The molecule has 1 unspecified atom stereocenters. The molecule has 0 N–H and O–H groups in total. The minimum atomic E-state index is -2.79. The first-order valence-electron chi connectivity index (χ1n) is 8.18. The molecule has 0 saturated heterocycles. The van der Waals surface area contributed by atoms with E-state index in [1.54, 1.807) is 0 Å². The molecule has 124 valence electrons. The maximum Gasteiger partial charge on any atom is 0.227 e. The zero-order valence-electron chi connectivity index (χ0n) is 14.5. The number of benzene rings is 2. The molecule has 0 aliphatic carbocycles. The average molecular weight is 330 g/mol. The van der Waals surface area contributed by atoms with Crippen molar-refractivity contribution in [2.45, 2.75) is 19.5 Å². The summed E-state index contributed by atoms with van der Waals surface area (Å²) in [7, 11) is 1.07. The molecule has 23 heavy (non-hydrogen) atoms. The summed E-state index contributed by atoms with van der Waals surface area (Å²) in [5.74, 6) is 0. The fourth-order valence-corrected chi connectivity index (χ4v) is 6.35. The van der Waals surface area contributed by atoms with E-state index < -0.39 is 7.44 Å². The predicted molar refractivity (Wildman–Crippen MR) is 98.9 cm³/mol. The van der Waals surface area contributed by atoms with Gasteiger partial charge in [0.2, 0.25) is 7.44 Å². The SMILES string of the molecule is CCN(CC)P(=O)(C(c1ccccc1)c1ccccc1)N(C)C. The fraction of sp³-hybridized carbons (Fsp3) is 0.368. The van der Waals surface area contributed by atoms with Gasteiger partial charge in [0.05, 0.1) is 5.66 Å². The molecule has 0 saturated carbocycles. The molecule has 0 amide bonds. The highest BCUT2D eigenvalue weighted by Gasteiger charge is 2.41. The Bertz CT molecular complexity index is 599. The quantitative estimate of drug-likeness (QED) is 0.677. The van der Waals surface area contributed by atoms with Crippen LogP contribution in [-0.4, -0.2) is 36.5 Å². The Morgan fingerprint density at radius 3 is 1.52 bits per heavy atom. The first-order chi connectivity index (χ1) is 11.1. The Morgan fingerprint density at radius 2 is 1.22 bits per heavy atom. The summed E-state index contributed by atoms with van der Waals surface area (Å²) in [6.07, 6.45) is 0. The van der Waals surface area contributed by atoms with Crippen LogP contribution in [0.2, 0.25) is 0 Å². The van der Waals surface area contributed by atoms with Crippen LogP contribution >= 0.6 is 7.44 Å². The molecule has 0 aromatic heterocycles. The van der Waals surface area contributed by atoms with Gasteiger partial charge in [0.1, 0.15) is 0 Å². The lowest BCUT2D eigenvalue weighted by Gasteiger charge is -2.40. The van der Waals surface area contributed by atoms with E-state index in [1.165, 1.54) is 0 Å². The van der Waals surface area contributed by atoms with E-state index in [2.05, 4.69) is 42.8 Å². The van der Waals surface area contributed by atoms with E-state index in [0.29, 0.717) is 0 Å². The van der Waals surface area contributed by atoms with Gasteiger partial charge in [0, 0.05) is 13.1 Å². The van der Waals surface area contributed by atoms with Crippen LogP contribution in [0.15, 0.2) is 60.7 Å². The van der Waals surface area contributed by atoms with Gasteiger partial charge in [0.25, 0.3) is 0 Å². The van der Waals surface area contributed by atoms with Crippen molar-refractivity contribution in [3.8, 4) is 0 Å². The molecule has 0 bridgehead atoms. The van der Waals surface area contributed by atoms with Crippen molar-refractivity contribution < 1.29 is 4.57 Å². The molecule has 0 heterocycles. The Kier molecular flexibility index (Phi) is 6.17. The summed E-state index contributed by atoms with van der Waals surface area (Å²) >= 11 is 0. The topological polar surface area (TPSA) is 23.6 Å². The first kappa shape index (κ1) is 17.9. The summed E-state index contributed by atoms with van der Waals surface area (Å²) in [4.78, 5) is 0. The van der Waals surface area contributed by atoms with Crippen LogP contribution in [0.1, 0.15) is 30.6 Å². The maximum absolute atomic E-state index is 14.2. The third-order valence-electron chi connectivity index (χ3n) is 4.28. The molecule has 0 radical (unpaired) electrons. The van der Waals surface area contributed by atoms with Gasteiger partial charge in [-0.25, -0.2) is 9.34 Å². The highest BCUT2D eigenvalue weighted by atomic mass is 31.2. The third kappa shape index (κ3) is 3.58. The van der Waals surface area contributed by atoms with Crippen LogP contribution in [0.25, 0.3) is 0 Å². The summed E-state index contributed by atoms with van der Waals surface area (Å²) in [5.41, 5.74) is 2.05. The zero-order valence-corrected chi connectivity index (χ0v) is 15.4. The molecular weight excluding hydrogens is 303 g/mol. The number of hydrogen-bond donors (Lipinski definition) is 0. The normalized spacial score (nSPS) is 14.4. The van der Waals surface area contributed by atoms with Gasteiger partial charge in [0.15, 0.2) is 0 Å². The van der Waals surface area contributed by atoms with E-state index >= 15 is 0 Å². The summed E-state index contributed by atoms with van der Waals surface area (Å²) in [6.45, 7) is 5.68. The lowest BCUT2D eigenvalue weighted by Crippen LogP contribution is -2.31. The van der Waals surface area contributed by atoms with E-state index in [9.17, 15) is 4.57 Å². The molecule has 2 aromatic rings.